The number of halogens is 1. The fraction of sp³-hybridized carbons (Fsp3) is 0.700. The summed E-state index contributed by atoms with van der Waals surface area (Å²) in [5.74, 6) is 0.200. The lowest BCUT2D eigenvalue weighted by molar-refractivity contribution is -0.169. The van der Waals surface area contributed by atoms with Crippen molar-refractivity contribution in [2.45, 2.75) is 49.9 Å². The lowest BCUT2D eigenvalue weighted by Crippen LogP contribution is -2.74. The summed E-state index contributed by atoms with van der Waals surface area (Å²) in [5.41, 5.74) is -0.614. The van der Waals surface area contributed by atoms with Crippen LogP contribution in [0.4, 0.5) is 4.39 Å². The van der Waals surface area contributed by atoms with E-state index in [4.69, 9.17) is 4.74 Å². The number of hydrogen-bond acceptors (Lipinski definition) is 4. The largest absolute Gasteiger partial charge is 0.375 e. The molecule has 1 saturated carbocycles. The number of ether oxygens (including phenoxy) is 1. The average Bonchev–Trinajstić information content (AvgIpc) is 2.59. The first-order chi connectivity index (χ1) is 12.5. The van der Waals surface area contributed by atoms with Crippen LogP contribution >= 0.6 is 0 Å². The third-order valence-electron chi connectivity index (χ3n) is 6.47. The van der Waals surface area contributed by atoms with E-state index in [0.717, 1.165) is 31.5 Å². The van der Waals surface area contributed by atoms with E-state index < -0.39 is 5.67 Å². The van der Waals surface area contributed by atoms with Crippen molar-refractivity contribution in [1.29, 1.82) is 0 Å². The molecule has 0 unspecified atom stereocenters. The van der Waals surface area contributed by atoms with Gasteiger partial charge in [0.05, 0.1) is 24.4 Å². The molecule has 1 aromatic rings. The zero-order valence-electron chi connectivity index (χ0n) is 15.5. The summed E-state index contributed by atoms with van der Waals surface area (Å²) in [7, 11) is 2.13. The predicted molar refractivity (Wildman–Crippen MR) is 96.2 cm³/mol. The Morgan fingerprint density at radius 2 is 2.19 bits per heavy atom. The Labute approximate surface area is 154 Å². The van der Waals surface area contributed by atoms with Crippen LogP contribution in [0.2, 0.25) is 0 Å². The van der Waals surface area contributed by atoms with Crippen LogP contribution in [0, 0.1) is 5.92 Å². The number of rotatable bonds is 5. The van der Waals surface area contributed by atoms with Crippen LogP contribution in [0.25, 0.3) is 0 Å². The predicted octanol–water partition coefficient (Wildman–Crippen LogP) is 2.41. The molecule has 2 aliphatic heterocycles. The number of amides is 1. The van der Waals surface area contributed by atoms with Crippen molar-refractivity contribution in [3.05, 3.63) is 30.1 Å². The van der Waals surface area contributed by atoms with Crippen LogP contribution in [0.15, 0.2) is 24.4 Å². The molecule has 0 aromatic carbocycles. The third-order valence-corrected chi connectivity index (χ3v) is 6.47. The van der Waals surface area contributed by atoms with E-state index in [9.17, 15) is 9.18 Å². The Kier molecular flexibility index (Phi) is 4.73. The molecule has 5 nitrogen and oxygen atoms in total. The van der Waals surface area contributed by atoms with Crippen LogP contribution in [0.5, 0.6) is 0 Å². The maximum Gasteiger partial charge on any atom is 0.260 e. The highest BCUT2D eigenvalue weighted by Crippen LogP contribution is 2.43. The third kappa shape index (κ3) is 3.25. The Morgan fingerprint density at radius 1 is 1.38 bits per heavy atom. The zero-order valence-corrected chi connectivity index (χ0v) is 15.5. The molecule has 1 amide bonds. The molecule has 4 rings (SSSR count). The van der Waals surface area contributed by atoms with Crippen LogP contribution in [-0.4, -0.2) is 65.2 Å². The molecule has 3 aliphatic rings. The quantitative estimate of drug-likeness (QED) is 0.808. The fourth-order valence-corrected chi connectivity index (χ4v) is 4.53. The van der Waals surface area contributed by atoms with Crippen molar-refractivity contribution >= 4 is 5.91 Å². The summed E-state index contributed by atoms with van der Waals surface area (Å²) in [5, 5.41) is 0. The summed E-state index contributed by atoms with van der Waals surface area (Å²) in [4.78, 5) is 20.7. The van der Waals surface area contributed by atoms with E-state index in [-0.39, 0.29) is 11.4 Å². The van der Waals surface area contributed by atoms with Gasteiger partial charge in [-0.15, -0.1) is 0 Å². The Balaban J connectivity index is 1.28. The lowest BCUT2D eigenvalue weighted by Gasteiger charge is -2.59. The van der Waals surface area contributed by atoms with Crippen LogP contribution in [0.3, 0.4) is 0 Å². The molecule has 0 bridgehead atoms. The Morgan fingerprint density at radius 3 is 2.85 bits per heavy atom. The van der Waals surface area contributed by atoms with Gasteiger partial charge in [-0.2, -0.15) is 0 Å². The number of carbonyl (C=O) groups excluding carboxylic acids is 1. The normalized spacial score (nSPS) is 27.0. The van der Waals surface area contributed by atoms with Gasteiger partial charge in [-0.25, -0.2) is 4.39 Å². The van der Waals surface area contributed by atoms with Gasteiger partial charge >= 0.3 is 0 Å². The van der Waals surface area contributed by atoms with Crippen LogP contribution in [0.1, 0.15) is 37.8 Å². The number of nitrogens with zero attached hydrogens (tertiary/aromatic N) is 3. The summed E-state index contributed by atoms with van der Waals surface area (Å²) < 4.78 is 20.3. The van der Waals surface area contributed by atoms with Gasteiger partial charge in [0.2, 0.25) is 0 Å². The van der Waals surface area contributed by atoms with Crippen molar-refractivity contribution in [3.63, 3.8) is 0 Å². The molecule has 1 atom stereocenters. The number of pyridine rings is 1. The molecule has 1 spiro atoms. The minimum absolute atomic E-state index is 0.00698. The van der Waals surface area contributed by atoms with Gasteiger partial charge in [-0.3, -0.25) is 14.7 Å². The van der Waals surface area contributed by atoms with Gasteiger partial charge in [0, 0.05) is 19.3 Å². The van der Waals surface area contributed by atoms with E-state index in [1.807, 2.05) is 18.2 Å². The molecule has 142 valence electrons. The van der Waals surface area contributed by atoms with Gasteiger partial charge in [0.1, 0.15) is 0 Å². The second kappa shape index (κ2) is 6.89. The molecule has 0 N–H and O–H groups in total. The number of likely N-dealkylation sites (N-methyl/N-ethyl adjacent to an activating group) is 1. The highest BCUT2D eigenvalue weighted by atomic mass is 19.1. The second-order valence-corrected chi connectivity index (χ2v) is 8.32. The molecule has 6 heteroatoms. The number of likely N-dealkylation sites (tertiary alicyclic amines) is 2. The smallest absolute Gasteiger partial charge is 0.260 e. The Bertz CT molecular complexity index is 644. The summed E-state index contributed by atoms with van der Waals surface area (Å²) >= 11 is 0. The minimum atomic E-state index is -1.57. The molecule has 0 radical (unpaired) electrons. The second-order valence-electron chi connectivity index (χ2n) is 8.32. The number of piperidine rings is 1. The first-order valence-corrected chi connectivity index (χ1v) is 9.68. The number of aromatic nitrogens is 1. The molecule has 1 aliphatic carbocycles. The molecule has 3 heterocycles. The maximum atomic E-state index is 14.4. The van der Waals surface area contributed by atoms with Crippen LogP contribution < -0.4 is 0 Å². The van der Waals surface area contributed by atoms with Gasteiger partial charge in [0.15, 0.2) is 5.67 Å². The van der Waals surface area contributed by atoms with E-state index in [0.29, 0.717) is 45.1 Å². The van der Waals surface area contributed by atoms with Crippen LogP contribution in [-0.2, 0) is 16.1 Å². The SMILES string of the molecule is CN1CC[C@@H](COCc2ccccn2)CC12CN(C(=O)C1(F)CCC1)C2. The molecule has 26 heavy (non-hydrogen) atoms. The van der Waals surface area contributed by atoms with E-state index >= 15 is 0 Å². The van der Waals surface area contributed by atoms with E-state index in [1.54, 1.807) is 11.1 Å². The molecular weight excluding hydrogens is 333 g/mol. The van der Waals surface area contributed by atoms with Crippen molar-refractivity contribution < 1.29 is 13.9 Å². The van der Waals surface area contributed by atoms with Gasteiger partial charge in [-0.1, -0.05) is 6.07 Å². The van der Waals surface area contributed by atoms with Crippen molar-refractivity contribution in [3.8, 4) is 0 Å². The van der Waals surface area contributed by atoms with Crippen molar-refractivity contribution in [2.24, 2.45) is 5.92 Å². The highest BCUT2D eigenvalue weighted by molar-refractivity contribution is 5.87. The Hall–Kier alpha value is -1.53. The first kappa shape index (κ1) is 17.9. The molecular formula is C20H28FN3O2. The topological polar surface area (TPSA) is 45.7 Å². The molecule has 3 fully saturated rings. The maximum absolute atomic E-state index is 14.4. The van der Waals surface area contributed by atoms with E-state index in [2.05, 4.69) is 16.9 Å². The standard InChI is InChI=1S/C20H28FN3O2/c1-23-10-6-16(12-26-13-17-5-2-3-9-22-17)11-19(23)14-24(15-19)18(25)20(21)7-4-8-20/h2-3,5,9,16H,4,6-8,10-15H2,1H3/t16-/m1/s1. The average molecular weight is 361 g/mol. The minimum Gasteiger partial charge on any atom is -0.375 e. The number of alkyl halides is 1. The van der Waals surface area contributed by atoms with Gasteiger partial charge in [0.25, 0.3) is 5.91 Å². The van der Waals surface area contributed by atoms with Gasteiger partial charge < -0.3 is 9.64 Å². The van der Waals surface area contributed by atoms with Crippen molar-refractivity contribution in [1.82, 2.24) is 14.8 Å². The summed E-state index contributed by atoms with van der Waals surface area (Å²) in [6.07, 6.45) is 5.51. The summed E-state index contributed by atoms with van der Waals surface area (Å²) in [6, 6.07) is 5.84. The molecule has 1 aromatic heterocycles. The monoisotopic (exact) mass is 361 g/mol. The number of hydrogen-bond donors (Lipinski definition) is 0. The zero-order chi connectivity index (χ0) is 18.2. The highest BCUT2D eigenvalue weighted by Gasteiger charge is 2.56. The van der Waals surface area contributed by atoms with E-state index in [1.165, 1.54) is 0 Å². The van der Waals surface area contributed by atoms with Gasteiger partial charge in [-0.05, 0) is 63.7 Å². The fourth-order valence-electron chi connectivity index (χ4n) is 4.53. The summed E-state index contributed by atoms with van der Waals surface area (Å²) in [6.45, 7) is 3.57. The molecule has 2 saturated heterocycles. The lowest BCUT2D eigenvalue weighted by atomic mass is 9.73. The first-order valence-electron chi connectivity index (χ1n) is 9.68. The van der Waals surface area contributed by atoms with Crippen molar-refractivity contribution in [2.75, 3.05) is 33.3 Å². The number of carbonyl (C=O) groups is 1.